The molecule has 6 heteroatoms. The Balaban J connectivity index is 2.99. The van der Waals surface area contributed by atoms with Gasteiger partial charge < -0.3 is 0 Å². The second-order valence-electron chi connectivity index (χ2n) is 3.64. The number of rotatable bonds is 4. The van der Waals surface area contributed by atoms with Crippen LogP contribution in [-0.4, -0.2) is 15.3 Å². The summed E-state index contributed by atoms with van der Waals surface area (Å²) in [6, 6.07) is 0. The average molecular weight is 245 g/mol. The lowest BCUT2D eigenvalue weighted by Crippen LogP contribution is -2.32. The van der Waals surface area contributed by atoms with Gasteiger partial charge in [-0.1, -0.05) is 25.4 Å². The summed E-state index contributed by atoms with van der Waals surface area (Å²) in [5, 5.41) is -0.100. The van der Waals surface area contributed by atoms with Crippen molar-refractivity contribution in [3.63, 3.8) is 0 Å². The lowest BCUT2D eigenvalue weighted by molar-refractivity contribution is -0.123. The molecule has 0 spiro atoms. The highest BCUT2D eigenvalue weighted by Crippen LogP contribution is 2.04. The average Bonchev–Trinajstić information content (AvgIpc) is 2.24. The van der Waals surface area contributed by atoms with E-state index < -0.39 is 11.2 Å². The van der Waals surface area contributed by atoms with Gasteiger partial charge in [-0.3, -0.25) is 19.1 Å². The molecule has 0 aliphatic rings. The van der Waals surface area contributed by atoms with Crippen LogP contribution >= 0.6 is 11.6 Å². The van der Waals surface area contributed by atoms with Crippen LogP contribution in [0.5, 0.6) is 0 Å². The van der Waals surface area contributed by atoms with Gasteiger partial charge in [0.05, 0.1) is 6.54 Å². The maximum Gasteiger partial charge on any atom is 0.328 e. The molecule has 16 heavy (non-hydrogen) atoms. The highest BCUT2D eigenvalue weighted by Gasteiger charge is 2.12. The highest BCUT2D eigenvalue weighted by atomic mass is 35.5. The smallest absolute Gasteiger partial charge is 0.297 e. The van der Waals surface area contributed by atoms with Crippen molar-refractivity contribution in [3.8, 4) is 0 Å². The van der Waals surface area contributed by atoms with Crippen LogP contribution in [0.15, 0.2) is 15.8 Å². The van der Waals surface area contributed by atoms with E-state index in [1.807, 2.05) is 11.9 Å². The number of carbonyl (C=O) groups is 1. The van der Waals surface area contributed by atoms with Gasteiger partial charge in [0.25, 0.3) is 5.56 Å². The highest BCUT2D eigenvalue weighted by molar-refractivity contribution is 6.30. The Morgan fingerprint density at radius 3 is 2.75 bits per heavy atom. The third-order valence-electron chi connectivity index (χ3n) is 2.46. The zero-order valence-corrected chi connectivity index (χ0v) is 9.87. The van der Waals surface area contributed by atoms with Crippen LogP contribution in [-0.2, 0) is 11.3 Å². The van der Waals surface area contributed by atoms with E-state index in [2.05, 4.69) is 0 Å². The molecule has 1 unspecified atom stereocenters. The molecule has 5 nitrogen and oxygen atoms in total. The quantitative estimate of drug-likeness (QED) is 0.852. The summed E-state index contributed by atoms with van der Waals surface area (Å²) in [6.07, 6.45) is 1.90. The topological polar surface area (TPSA) is 71.9 Å². The predicted molar refractivity (Wildman–Crippen MR) is 60.8 cm³/mol. The number of aromatic nitrogens is 2. The van der Waals surface area contributed by atoms with Crippen molar-refractivity contribution in [2.24, 2.45) is 5.92 Å². The van der Waals surface area contributed by atoms with E-state index in [9.17, 15) is 14.4 Å². The molecule has 1 heterocycles. The molecular formula is C10H13ClN2O3. The maximum atomic E-state index is 11.6. The first-order valence-electron chi connectivity index (χ1n) is 4.97. The van der Waals surface area contributed by atoms with Gasteiger partial charge in [-0.25, -0.2) is 4.79 Å². The van der Waals surface area contributed by atoms with Gasteiger partial charge in [0.15, 0.2) is 5.78 Å². The molecule has 1 atom stereocenters. The standard InChI is InChI=1S/C10H13ClN2O3/c1-3-6(2)8(14)5-13-4-7(11)9(15)12-10(13)16/h4,6H,3,5H2,1-2H3,(H,12,15,16). The Labute approximate surface area is 97.1 Å². The van der Waals surface area contributed by atoms with Crippen molar-refractivity contribution in [2.75, 3.05) is 0 Å². The molecule has 0 aromatic carbocycles. The molecule has 0 radical (unpaired) electrons. The minimum Gasteiger partial charge on any atom is -0.297 e. The van der Waals surface area contributed by atoms with Gasteiger partial charge in [-0.2, -0.15) is 0 Å². The van der Waals surface area contributed by atoms with E-state index >= 15 is 0 Å². The summed E-state index contributed by atoms with van der Waals surface area (Å²) < 4.78 is 1.11. The number of Topliss-reactive ketones (excluding diaryl/α,β-unsaturated/α-hetero) is 1. The van der Waals surface area contributed by atoms with Crippen LogP contribution in [0.1, 0.15) is 20.3 Å². The lowest BCUT2D eigenvalue weighted by atomic mass is 10.0. The third-order valence-corrected chi connectivity index (χ3v) is 2.72. The van der Waals surface area contributed by atoms with Crippen LogP contribution in [0.3, 0.4) is 0 Å². The van der Waals surface area contributed by atoms with Crippen molar-refractivity contribution < 1.29 is 4.79 Å². The molecule has 1 aromatic rings. The molecular weight excluding hydrogens is 232 g/mol. The van der Waals surface area contributed by atoms with Crippen LogP contribution in [0.4, 0.5) is 0 Å². The fourth-order valence-electron chi connectivity index (χ4n) is 1.15. The third kappa shape index (κ3) is 2.82. The molecule has 1 N–H and O–H groups in total. The van der Waals surface area contributed by atoms with Crippen LogP contribution < -0.4 is 11.2 Å². The summed E-state index contributed by atoms with van der Waals surface area (Å²) >= 11 is 5.57. The lowest BCUT2D eigenvalue weighted by Gasteiger charge is -2.08. The van der Waals surface area contributed by atoms with Gasteiger partial charge in [-0.05, 0) is 6.42 Å². The Morgan fingerprint density at radius 1 is 1.56 bits per heavy atom. The normalized spacial score (nSPS) is 12.4. The van der Waals surface area contributed by atoms with Gasteiger partial charge in [-0.15, -0.1) is 0 Å². The Hall–Kier alpha value is -1.36. The number of nitrogens with one attached hydrogen (secondary N) is 1. The molecule has 88 valence electrons. The Morgan fingerprint density at radius 2 is 2.19 bits per heavy atom. The van der Waals surface area contributed by atoms with Crippen molar-refractivity contribution in [2.45, 2.75) is 26.8 Å². The molecule has 0 aliphatic heterocycles. The van der Waals surface area contributed by atoms with Crippen LogP contribution in [0.25, 0.3) is 0 Å². The van der Waals surface area contributed by atoms with Gasteiger partial charge >= 0.3 is 5.69 Å². The monoisotopic (exact) mass is 244 g/mol. The number of nitrogens with zero attached hydrogens (tertiary/aromatic N) is 1. The summed E-state index contributed by atoms with van der Waals surface area (Å²) in [5.74, 6) is -0.176. The first-order chi connectivity index (χ1) is 7.45. The number of hydrogen-bond acceptors (Lipinski definition) is 3. The molecule has 0 aliphatic carbocycles. The number of aromatic amines is 1. The SMILES string of the molecule is CCC(C)C(=O)Cn1cc(Cl)c(=O)[nH]c1=O. The predicted octanol–water partition coefficient (Wildman–Crippen LogP) is 0.805. The number of ketones is 1. The first kappa shape index (κ1) is 12.7. The van der Waals surface area contributed by atoms with Gasteiger partial charge in [0.1, 0.15) is 5.02 Å². The number of halogens is 1. The second-order valence-corrected chi connectivity index (χ2v) is 4.05. The second kappa shape index (κ2) is 5.12. The Kier molecular flexibility index (Phi) is 4.06. The van der Waals surface area contributed by atoms with Crippen molar-refractivity contribution in [3.05, 3.63) is 32.1 Å². The molecule has 1 aromatic heterocycles. The Bertz CT molecular complexity index is 504. The minimum absolute atomic E-state index is 0.0623. The number of hydrogen-bond donors (Lipinski definition) is 1. The largest absolute Gasteiger partial charge is 0.328 e. The van der Waals surface area contributed by atoms with Crippen molar-refractivity contribution >= 4 is 17.4 Å². The van der Waals surface area contributed by atoms with Crippen LogP contribution in [0.2, 0.25) is 5.02 Å². The minimum atomic E-state index is -0.640. The first-order valence-corrected chi connectivity index (χ1v) is 5.35. The van der Waals surface area contributed by atoms with E-state index in [0.717, 1.165) is 4.57 Å². The summed E-state index contributed by atoms with van der Waals surface area (Å²) in [7, 11) is 0. The van der Waals surface area contributed by atoms with Gasteiger partial charge in [0.2, 0.25) is 0 Å². The summed E-state index contributed by atoms with van der Waals surface area (Å²) in [4.78, 5) is 36.0. The summed E-state index contributed by atoms with van der Waals surface area (Å²) in [6.45, 7) is 3.62. The molecule has 0 fully saturated rings. The summed E-state index contributed by atoms with van der Waals surface area (Å²) in [5.41, 5.74) is -1.26. The number of H-pyrrole nitrogens is 1. The number of carbonyl (C=O) groups excluding carboxylic acids is 1. The fourth-order valence-corrected chi connectivity index (χ4v) is 1.32. The fraction of sp³-hybridized carbons (Fsp3) is 0.500. The van der Waals surface area contributed by atoms with Crippen molar-refractivity contribution in [1.82, 2.24) is 9.55 Å². The maximum absolute atomic E-state index is 11.6. The van der Waals surface area contributed by atoms with E-state index in [1.165, 1.54) is 6.20 Å². The van der Waals surface area contributed by atoms with E-state index in [4.69, 9.17) is 11.6 Å². The molecule has 0 saturated heterocycles. The van der Waals surface area contributed by atoms with E-state index in [-0.39, 0.29) is 23.3 Å². The zero-order valence-electron chi connectivity index (χ0n) is 9.12. The molecule has 0 amide bonds. The van der Waals surface area contributed by atoms with E-state index in [1.54, 1.807) is 6.92 Å². The van der Waals surface area contributed by atoms with Crippen molar-refractivity contribution in [1.29, 1.82) is 0 Å². The zero-order chi connectivity index (χ0) is 12.3. The molecule has 0 bridgehead atoms. The van der Waals surface area contributed by atoms with Crippen LogP contribution in [0, 0.1) is 5.92 Å². The molecule has 0 saturated carbocycles. The van der Waals surface area contributed by atoms with Gasteiger partial charge in [0, 0.05) is 12.1 Å². The van der Waals surface area contributed by atoms with E-state index in [0.29, 0.717) is 6.42 Å². The molecule has 1 rings (SSSR count).